The van der Waals surface area contributed by atoms with Crippen molar-refractivity contribution in [3.8, 4) is 17.4 Å². The Kier molecular flexibility index (Phi) is 8.05. The minimum absolute atomic E-state index is 0.00874. The van der Waals surface area contributed by atoms with Crippen molar-refractivity contribution in [2.45, 2.75) is 101 Å². The Morgan fingerprint density at radius 2 is 1.68 bits per heavy atom. The Morgan fingerprint density at radius 1 is 1.00 bits per heavy atom. The first-order valence-corrected chi connectivity index (χ1v) is 13.9. The van der Waals surface area contributed by atoms with Crippen molar-refractivity contribution in [1.29, 1.82) is 0 Å². The summed E-state index contributed by atoms with van der Waals surface area (Å²) < 4.78 is 45.6. The van der Waals surface area contributed by atoms with Gasteiger partial charge in [-0.05, 0) is 92.4 Å². The first-order chi connectivity index (χ1) is 18.3. The van der Waals surface area contributed by atoms with Crippen LogP contribution in [0, 0.1) is 5.92 Å². The summed E-state index contributed by atoms with van der Waals surface area (Å²) in [5.74, 6) is -0.856. The van der Waals surface area contributed by atoms with Gasteiger partial charge in [0, 0.05) is 31.2 Å². The van der Waals surface area contributed by atoms with Crippen molar-refractivity contribution < 1.29 is 32.9 Å². The van der Waals surface area contributed by atoms with Crippen LogP contribution in [0.5, 0.6) is 17.4 Å². The molecule has 3 aliphatic rings. The molecule has 8 heteroatoms. The average molecular weight is 530 g/mol. The monoisotopic (exact) mass is 529 g/mol. The van der Waals surface area contributed by atoms with Crippen LogP contribution < -0.4 is 14.2 Å². The van der Waals surface area contributed by atoms with Crippen LogP contribution >= 0.6 is 0 Å². The molecule has 0 saturated heterocycles. The van der Waals surface area contributed by atoms with Gasteiger partial charge in [-0.25, -0.2) is 13.8 Å². The molecule has 38 heavy (non-hydrogen) atoms. The summed E-state index contributed by atoms with van der Waals surface area (Å²) in [5.41, 5.74) is 1.98. The summed E-state index contributed by atoms with van der Waals surface area (Å²) >= 11 is 0. The van der Waals surface area contributed by atoms with Crippen LogP contribution in [0.15, 0.2) is 36.5 Å². The molecule has 3 saturated carbocycles. The van der Waals surface area contributed by atoms with Crippen molar-refractivity contribution in [1.82, 2.24) is 4.98 Å². The van der Waals surface area contributed by atoms with E-state index in [1.54, 1.807) is 13.3 Å². The summed E-state index contributed by atoms with van der Waals surface area (Å²) in [5, 5.41) is 9.33. The summed E-state index contributed by atoms with van der Waals surface area (Å²) in [6, 6.07) is 9.54. The Balaban J connectivity index is 1.19. The number of alkyl halides is 2. The standard InChI is InChI=1S/C30H37F2NO5/c1-36-24-8-9-25(20-10-13-30(31,32)14-11-20)27(17-24)37-22-4-6-23(7-5-22)38-28-16-21(12-15-33-28)26(18-29(34)35)19-2-3-19/h8-9,12,15-17,19-20,22-23,26H,2-7,10-11,13-14,18H2,1H3,(H,34,35)/t22-,23-,26?. The SMILES string of the molecule is COc1ccc(C2CCC(F)(F)CC2)c(O[C@H]2CC[C@H](Oc3cc(C(CC(=O)O)C4CC4)ccn3)CC2)c1. The molecule has 6 nitrogen and oxygen atoms in total. The van der Waals surface area contributed by atoms with Gasteiger partial charge in [0.25, 0.3) is 0 Å². The minimum Gasteiger partial charge on any atom is -0.497 e. The maximum atomic E-state index is 13.7. The van der Waals surface area contributed by atoms with E-state index in [0.717, 1.165) is 55.4 Å². The number of nitrogens with zero attached hydrogens (tertiary/aromatic N) is 1. The lowest BCUT2D eigenvalue weighted by molar-refractivity contribution is -0.137. The van der Waals surface area contributed by atoms with Gasteiger partial charge >= 0.3 is 5.97 Å². The molecule has 0 aliphatic heterocycles. The third-order valence-corrected chi connectivity index (χ3v) is 8.35. The zero-order chi connectivity index (χ0) is 26.7. The van der Waals surface area contributed by atoms with E-state index >= 15 is 0 Å². The number of aliphatic carboxylic acids is 1. The number of hydrogen-bond donors (Lipinski definition) is 1. The van der Waals surface area contributed by atoms with Gasteiger partial charge < -0.3 is 19.3 Å². The highest BCUT2D eigenvalue weighted by atomic mass is 19.3. The van der Waals surface area contributed by atoms with E-state index in [1.807, 2.05) is 30.3 Å². The predicted molar refractivity (Wildman–Crippen MR) is 138 cm³/mol. The number of aromatic nitrogens is 1. The zero-order valence-electron chi connectivity index (χ0n) is 21.9. The molecule has 1 aromatic carbocycles. The molecular weight excluding hydrogens is 492 g/mol. The van der Waals surface area contributed by atoms with Gasteiger partial charge in [-0.15, -0.1) is 0 Å². The van der Waals surface area contributed by atoms with Crippen LogP contribution in [0.3, 0.4) is 0 Å². The Hall–Kier alpha value is -2.90. The van der Waals surface area contributed by atoms with Crippen LogP contribution in [-0.4, -0.2) is 41.3 Å². The highest BCUT2D eigenvalue weighted by molar-refractivity contribution is 5.68. The molecule has 1 atom stereocenters. The Morgan fingerprint density at radius 3 is 2.32 bits per heavy atom. The molecule has 3 aliphatic carbocycles. The molecule has 1 N–H and O–H groups in total. The lowest BCUT2D eigenvalue weighted by Crippen LogP contribution is -2.30. The highest BCUT2D eigenvalue weighted by Gasteiger charge is 2.37. The van der Waals surface area contributed by atoms with Crippen molar-refractivity contribution >= 4 is 5.97 Å². The summed E-state index contributed by atoms with van der Waals surface area (Å²) in [6.07, 6.45) is 8.01. The van der Waals surface area contributed by atoms with Crippen molar-refractivity contribution in [2.75, 3.05) is 7.11 Å². The van der Waals surface area contributed by atoms with Crippen LogP contribution in [0.4, 0.5) is 8.78 Å². The van der Waals surface area contributed by atoms with Gasteiger partial charge in [-0.3, -0.25) is 4.79 Å². The van der Waals surface area contributed by atoms with Crippen molar-refractivity contribution in [3.63, 3.8) is 0 Å². The normalized spacial score (nSPS) is 24.4. The fourth-order valence-electron chi connectivity index (χ4n) is 6.01. The van der Waals surface area contributed by atoms with E-state index in [0.29, 0.717) is 30.4 Å². The average Bonchev–Trinajstić information content (AvgIpc) is 3.74. The lowest BCUT2D eigenvalue weighted by atomic mass is 9.82. The van der Waals surface area contributed by atoms with E-state index in [4.69, 9.17) is 14.2 Å². The van der Waals surface area contributed by atoms with Crippen LogP contribution in [-0.2, 0) is 4.79 Å². The molecule has 0 bridgehead atoms. The molecule has 2 aromatic rings. The molecule has 206 valence electrons. The molecular formula is C30H37F2NO5. The van der Waals surface area contributed by atoms with E-state index in [1.165, 1.54) is 0 Å². The number of pyridine rings is 1. The van der Waals surface area contributed by atoms with Crippen molar-refractivity contribution in [2.24, 2.45) is 5.92 Å². The first kappa shape index (κ1) is 26.7. The first-order valence-electron chi connectivity index (χ1n) is 13.9. The number of ether oxygens (including phenoxy) is 3. The molecule has 0 radical (unpaired) electrons. The molecule has 5 rings (SSSR count). The van der Waals surface area contributed by atoms with E-state index < -0.39 is 11.9 Å². The second-order valence-corrected chi connectivity index (χ2v) is 11.1. The lowest BCUT2D eigenvalue weighted by Gasteiger charge is -2.32. The van der Waals surface area contributed by atoms with E-state index in [9.17, 15) is 18.7 Å². The second kappa shape index (κ2) is 11.5. The van der Waals surface area contributed by atoms with Crippen LogP contribution in [0.2, 0.25) is 0 Å². The largest absolute Gasteiger partial charge is 0.497 e. The number of carboxylic acids is 1. The summed E-state index contributed by atoms with van der Waals surface area (Å²) in [4.78, 5) is 15.7. The molecule has 1 aromatic heterocycles. The zero-order valence-corrected chi connectivity index (χ0v) is 21.9. The quantitative estimate of drug-likeness (QED) is 0.353. The van der Waals surface area contributed by atoms with Crippen LogP contribution in [0.1, 0.15) is 93.6 Å². The fourth-order valence-corrected chi connectivity index (χ4v) is 6.01. The Bertz CT molecular complexity index is 1100. The molecule has 1 unspecified atom stereocenters. The molecule has 0 spiro atoms. The maximum absolute atomic E-state index is 13.7. The number of halogens is 2. The van der Waals surface area contributed by atoms with Crippen LogP contribution in [0.25, 0.3) is 0 Å². The van der Waals surface area contributed by atoms with E-state index in [2.05, 4.69) is 4.98 Å². The third kappa shape index (κ3) is 6.75. The fraction of sp³-hybridized carbons (Fsp3) is 0.600. The van der Waals surface area contributed by atoms with Gasteiger partial charge in [-0.2, -0.15) is 0 Å². The maximum Gasteiger partial charge on any atom is 0.303 e. The van der Waals surface area contributed by atoms with Gasteiger partial charge in [0.15, 0.2) is 0 Å². The molecule has 0 amide bonds. The predicted octanol–water partition coefficient (Wildman–Crippen LogP) is 7.12. The van der Waals surface area contributed by atoms with Gasteiger partial charge in [-0.1, -0.05) is 6.07 Å². The number of carbonyl (C=O) groups is 1. The molecule has 1 heterocycles. The smallest absolute Gasteiger partial charge is 0.303 e. The number of carboxylic acid groups (broad SMARTS) is 1. The number of benzene rings is 1. The summed E-state index contributed by atoms with van der Waals surface area (Å²) in [7, 11) is 1.61. The second-order valence-electron chi connectivity index (χ2n) is 11.1. The molecule has 3 fully saturated rings. The van der Waals surface area contributed by atoms with Gasteiger partial charge in [0.1, 0.15) is 17.6 Å². The van der Waals surface area contributed by atoms with Gasteiger partial charge in [0.05, 0.1) is 19.6 Å². The summed E-state index contributed by atoms with van der Waals surface area (Å²) in [6.45, 7) is 0. The minimum atomic E-state index is -2.56. The van der Waals surface area contributed by atoms with Gasteiger partial charge in [0.2, 0.25) is 11.8 Å². The number of methoxy groups -OCH3 is 1. The number of rotatable bonds is 10. The third-order valence-electron chi connectivity index (χ3n) is 8.35. The topological polar surface area (TPSA) is 77.9 Å². The van der Waals surface area contributed by atoms with Crippen molar-refractivity contribution in [3.05, 3.63) is 47.7 Å². The number of hydrogen-bond acceptors (Lipinski definition) is 5. The Labute approximate surface area is 222 Å². The van der Waals surface area contributed by atoms with E-state index in [-0.39, 0.29) is 43.3 Å². The highest BCUT2D eigenvalue weighted by Crippen LogP contribution is 2.46.